The number of hydrogen-bond donors (Lipinski definition) is 1. The molecule has 0 fully saturated rings. The first-order chi connectivity index (χ1) is 7.69. The molecular weight excluding hydrogens is 244 g/mol. The van der Waals surface area contributed by atoms with E-state index in [0.29, 0.717) is 15.9 Å². The van der Waals surface area contributed by atoms with Gasteiger partial charge in [-0.1, -0.05) is 35.5 Å². The SMILES string of the molecule is CSc1nc(-c2ccc(Cl)cc2)cc(=O)[nH]1. The van der Waals surface area contributed by atoms with Crippen LogP contribution in [-0.2, 0) is 0 Å². The van der Waals surface area contributed by atoms with Gasteiger partial charge in [0.25, 0.3) is 5.56 Å². The summed E-state index contributed by atoms with van der Waals surface area (Å²) in [7, 11) is 0. The van der Waals surface area contributed by atoms with Crippen LogP contribution in [0.15, 0.2) is 40.3 Å². The first-order valence-corrected chi connectivity index (χ1v) is 6.20. The highest BCUT2D eigenvalue weighted by molar-refractivity contribution is 7.98. The number of aromatic amines is 1. The van der Waals surface area contributed by atoms with Gasteiger partial charge in [-0.15, -0.1) is 0 Å². The average Bonchev–Trinajstić information content (AvgIpc) is 2.29. The van der Waals surface area contributed by atoms with Crippen molar-refractivity contribution in [2.45, 2.75) is 5.16 Å². The monoisotopic (exact) mass is 252 g/mol. The molecule has 0 saturated carbocycles. The van der Waals surface area contributed by atoms with Crippen molar-refractivity contribution in [1.29, 1.82) is 0 Å². The fourth-order valence-electron chi connectivity index (χ4n) is 1.30. The molecule has 16 heavy (non-hydrogen) atoms. The van der Waals surface area contributed by atoms with Crippen LogP contribution in [0.1, 0.15) is 0 Å². The highest BCUT2D eigenvalue weighted by Crippen LogP contribution is 2.19. The molecule has 0 unspecified atom stereocenters. The van der Waals surface area contributed by atoms with Crippen LogP contribution in [0.4, 0.5) is 0 Å². The summed E-state index contributed by atoms with van der Waals surface area (Å²) in [6, 6.07) is 8.71. The Balaban J connectivity index is 2.51. The third-order valence-electron chi connectivity index (χ3n) is 2.05. The summed E-state index contributed by atoms with van der Waals surface area (Å²) < 4.78 is 0. The Morgan fingerprint density at radius 3 is 2.62 bits per heavy atom. The minimum atomic E-state index is -0.149. The van der Waals surface area contributed by atoms with Crippen LogP contribution < -0.4 is 5.56 Å². The number of nitrogens with zero attached hydrogens (tertiary/aromatic N) is 1. The van der Waals surface area contributed by atoms with E-state index in [1.54, 1.807) is 12.1 Å². The van der Waals surface area contributed by atoms with Crippen molar-refractivity contribution < 1.29 is 0 Å². The number of halogens is 1. The van der Waals surface area contributed by atoms with Crippen LogP contribution in [0.5, 0.6) is 0 Å². The van der Waals surface area contributed by atoms with Crippen LogP contribution in [-0.4, -0.2) is 16.2 Å². The van der Waals surface area contributed by atoms with Crippen LogP contribution in [0.2, 0.25) is 5.02 Å². The molecule has 2 rings (SSSR count). The van der Waals surface area contributed by atoms with Gasteiger partial charge in [0.2, 0.25) is 0 Å². The van der Waals surface area contributed by atoms with Crippen LogP contribution >= 0.6 is 23.4 Å². The standard InChI is InChI=1S/C11H9ClN2OS/c1-16-11-13-9(6-10(15)14-11)7-2-4-8(12)5-3-7/h2-6H,1H3,(H,13,14,15). The fourth-order valence-corrected chi connectivity index (χ4v) is 1.82. The van der Waals surface area contributed by atoms with E-state index < -0.39 is 0 Å². The Morgan fingerprint density at radius 1 is 1.31 bits per heavy atom. The molecule has 0 aliphatic rings. The molecular formula is C11H9ClN2OS. The highest BCUT2D eigenvalue weighted by atomic mass is 35.5. The summed E-state index contributed by atoms with van der Waals surface area (Å²) in [6.45, 7) is 0. The Kier molecular flexibility index (Phi) is 3.31. The lowest BCUT2D eigenvalue weighted by Crippen LogP contribution is -2.07. The first kappa shape index (κ1) is 11.2. The molecule has 0 aliphatic carbocycles. The Labute approximate surface area is 102 Å². The van der Waals surface area contributed by atoms with Crippen molar-refractivity contribution in [3.63, 3.8) is 0 Å². The van der Waals surface area contributed by atoms with E-state index in [1.165, 1.54) is 17.8 Å². The second-order valence-electron chi connectivity index (χ2n) is 3.15. The van der Waals surface area contributed by atoms with Gasteiger partial charge >= 0.3 is 0 Å². The zero-order chi connectivity index (χ0) is 11.5. The lowest BCUT2D eigenvalue weighted by atomic mass is 10.1. The van der Waals surface area contributed by atoms with E-state index in [4.69, 9.17) is 11.6 Å². The number of thioether (sulfide) groups is 1. The van der Waals surface area contributed by atoms with Gasteiger partial charge in [0.1, 0.15) is 0 Å². The summed E-state index contributed by atoms with van der Waals surface area (Å²) in [5.74, 6) is 0. The summed E-state index contributed by atoms with van der Waals surface area (Å²) in [5.41, 5.74) is 1.39. The lowest BCUT2D eigenvalue weighted by molar-refractivity contribution is 0.945. The summed E-state index contributed by atoms with van der Waals surface area (Å²) in [5, 5.41) is 1.27. The maximum Gasteiger partial charge on any atom is 0.252 e. The molecule has 0 aliphatic heterocycles. The molecule has 0 saturated heterocycles. The zero-order valence-corrected chi connectivity index (χ0v) is 10.1. The van der Waals surface area contributed by atoms with E-state index in [9.17, 15) is 4.79 Å². The van der Waals surface area contributed by atoms with Gasteiger partial charge in [-0.3, -0.25) is 4.79 Å². The smallest absolute Gasteiger partial charge is 0.252 e. The molecule has 1 aromatic heterocycles. The Bertz CT molecular complexity index is 551. The molecule has 0 radical (unpaired) electrons. The third kappa shape index (κ3) is 2.46. The van der Waals surface area contributed by atoms with Crippen molar-refractivity contribution in [3.05, 3.63) is 45.7 Å². The summed E-state index contributed by atoms with van der Waals surface area (Å²) in [6.07, 6.45) is 1.86. The van der Waals surface area contributed by atoms with E-state index in [1.807, 2.05) is 18.4 Å². The van der Waals surface area contributed by atoms with Gasteiger partial charge in [0, 0.05) is 16.7 Å². The van der Waals surface area contributed by atoms with Gasteiger partial charge in [-0.05, 0) is 18.4 Å². The molecule has 5 heteroatoms. The number of H-pyrrole nitrogens is 1. The molecule has 1 aromatic carbocycles. The Hall–Kier alpha value is -1.26. The van der Waals surface area contributed by atoms with Crippen molar-refractivity contribution >= 4 is 23.4 Å². The van der Waals surface area contributed by atoms with Gasteiger partial charge in [0.05, 0.1) is 5.69 Å². The molecule has 2 aromatic rings. The zero-order valence-electron chi connectivity index (χ0n) is 8.53. The normalized spacial score (nSPS) is 10.4. The van der Waals surface area contributed by atoms with Crippen LogP contribution in [0, 0.1) is 0 Å². The van der Waals surface area contributed by atoms with Crippen LogP contribution in [0.3, 0.4) is 0 Å². The highest BCUT2D eigenvalue weighted by Gasteiger charge is 2.03. The minimum Gasteiger partial charge on any atom is -0.301 e. The predicted octanol–water partition coefficient (Wildman–Crippen LogP) is 2.81. The number of nitrogens with one attached hydrogen (secondary N) is 1. The quantitative estimate of drug-likeness (QED) is 0.660. The van der Waals surface area contributed by atoms with E-state index in [2.05, 4.69) is 9.97 Å². The van der Waals surface area contributed by atoms with Gasteiger partial charge in [-0.25, -0.2) is 4.98 Å². The molecule has 1 N–H and O–H groups in total. The number of aromatic nitrogens is 2. The maximum atomic E-state index is 11.4. The number of hydrogen-bond acceptors (Lipinski definition) is 3. The van der Waals surface area contributed by atoms with E-state index in [0.717, 1.165) is 5.56 Å². The molecule has 0 amide bonds. The molecule has 3 nitrogen and oxygen atoms in total. The third-order valence-corrected chi connectivity index (χ3v) is 2.89. The second kappa shape index (κ2) is 4.72. The number of benzene rings is 1. The van der Waals surface area contributed by atoms with Crippen molar-refractivity contribution in [2.75, 3.05) is 6.26 Å². The second-order valence-corrected chi connectivity index (χ2v) is 4.38. The average molecular weight is 253 g/mol. The van der Waals surface area contributed by atoms with Crippen LogP contribution in [0.25, 0.3) is 11.3 Å². The van der Waals surface area contributed by atoms with Gasteiger partial charge < -0.3 is 4.98 Å². The Morgan fingerprint density at radius 2 is 2.00 bits per heavy atom. The van der Waals surface area contributed by atoms with Gasteiger partial charge in [-0.2, -0.15) is 0 Å². The lowest BCUT2D eigenvalue weighted by Gasteiger charge is -2.02. The molecule has 0 bridgehead atoms. The van der Waals surface area contributed by atoms with Gasteiger partial charge in [0.15, 0.2) is 5.16 Å². The summed E-state index contributed by atoms with van der Waals surface area (Å²) >= 11 is 7.20. The first-order valence-electron chi connectivity index (χ1n) is 4.60. The molecule has 0 atom stereocenters. The predicted molar refractivity (Wildman–Crippen MR) is 67.1 cm³/mol. The maximum absolute atomic E-state index is 11.4. The topological polar surface area (TPSA) is 45.8 Å². The van der Waals surface area contributed by atoms with Crippen molar-refractivity contribution in [2.24, 2.45) is 0 Å². The van der Waals surface area contributed by atoms with Crippen molar-refractivity contribution in [3.8, 4) is 11.3 Å². The molecule has 1 heterocycles. The fraction of sp³-hybridized carbons (Fsp3) is 0.0909. The van der Waals surface area contributed by atoms with Crippen molar-refractivity contribution in [1.82, 2.24) is 9.97 Å². The van der Waals surface area contributed by atoms with E-state index >= 15 is 0 Å². The van der Waals surface area contributed by atoms with E-state index in [-0.39, 0.29) is 5.56 Å². The molecule has 82 valence electrons. The molecule has 0 spiro atoms. The minimum absolute atomic E-state index is 0.149. The largest absolute Gasteiger partial charge is 0.301 e. The summed E-state index contributed by atoms with van der Waals surface area (Å²) in [4.78, 5) is 18.3. The number of rotatable bonds is 2.